The van der Waals surface area contributed by atoms with Crippen LogP contribution in [0.15, 0.2) is 78.9 Å². The number of anilines is 1. The summed E-state index contributed by atoms with van der Waals surface area (Å²) in [6.45, 7) is 18.7. The summed E-state index contributed by atoms with van der Waals surface area (Å²) in [5, 5.41) is 4.80. The van der Waals surface area contributed by atoms with Crippen LogP contribution in [0.3, 0.4) is 0 Å². The predicted molar refractivity (Wildman–Crippen MR) is 248 cm³/mol. The number of hydrogen-bond acceptors (Lipinski definition) is 4. The van der Waals surface area contributed by atoms with E-state index in [0.717, 1.165) is 22.6 Å². The molecular formula is C50H71NO4PPdS. The fraction of sp³-hybridized carbons (Fsp3) is 0.520. The van der Waals surface area contributed by atoms with Crippen molar-refractivity contribution in [2.45, 2.75) is 155 Å². The van der Waals surface area contributed by atoms with Crippen LogP contribution in [-0.2, 0) is 30.5 Å². The normalized spacial score (nSPS) is 15.1. The molecule has 58 heavy (non-hydrogen) atoms. The van der Waals surface area contributed by atoms with Gasteiger partial charge in [0.2, 0.25) is 0 Å². The molecule has 2 fully saturated rings. The van der Waals surface area contributed by atoms with Gasteiger partial charge >= 0.3 is 0 Å². The van der Waals surface area contributed by atoms with Gasteiger partial charge in [0, 0.05) is 44.0 Å². The Morgan fingerprint density at radius 3 is 1.66 bits per heavy atom. The van der Waals surface area contributed by atoms with E-state index in [0.29, 0.717) is 24.0 Å². The Morgan fingerprint density at radius 1 is 0.707 bits per heavy atom. The summed E-state index contributed by atoms with van der Waals surface area (Å²) in [5.41, 5.74) is 12.7. The summed E-state index contributed by atoms with van der Waals surface area (Å²) in [6, 6.07) is 31.6. The monoisotopic (exact) mass is 918 g/mol. The molecule has 0 amide bonds. The van der Waals surface area contributed by atoms with Crippen molar-refractivity contribution in [1.82, 2.24) is 0 Å². The minimum Gasteiger partial charge on any atom is -0.490 e. The second-order valence-corrected chi connectivity index (χ2v) is 21.3. The molecule has 0 spiro atoms. The van der Waals surface area contributed by atoms with Gasteiger partial charge in [-0.2, -0.15) is 8.42 Å². The van der Waals surface area contributed by atoms with E-state index in [-0.39, 0.29) is 34.4 Å². The van der Waals surface area contributed by atoms with Crippen LogP contribution in [-0.4, -0.2) is 43.7 Å². The van der Waals surface area contributed by atoms with E-state index in [2.05, 4.69) is 115 Å². The molecule has 0 bridgehead atoms. The first-order chi connectivity index (χ1) is 27.1. The van der Waals surface area contributed by atoms with Crippen LogP contribution < -0.4 is 15.4 Å². The zero-order valence-corrected chi connectivity index (χ0v) is 40.1. The van der Waals surface area contributed by atoms with Crippen molar-refractivity contribution in [3.05, 3.63) is 102 Å². The van der Waals surface area contributed by atoms with Crippen molar-refractivity contribution in [2.24, 2.45) is 0 Å². The Kier molecular flexibility index (Phi) is 20.7. The number of rotatable bonds is 11. The van der Waals surface area contributed by atoms with Crippen molar-refractivity contribution < 1.29 is 38.1 Å². The molecule has 0 aromatic heterocycles. The van der Waals surface area contributed by atoms with E-state index in [9.17, 15) is 8.42 Å². The van der Waals surface area contributed by atoms with Gasteiger partial charge < -0.3 is 10.1 Å². The molecule has 0 atom stereocenters. The number of nitrogens with one attached hydrogen (secondary N) is 1. The molecular weight excluding hydrogens is 848 g/mol. The molecule has 8 heteroatoms. The number of ether oxygens (including phenoxy) is 1. The fourth-order valence-electron chi connectivity index (χ4n) is 8.48. The zero-order chi connectivity index (χ0) is 41.7. The van der Waals surface area contributed by atoms with Gasteiger partial charge in [-0.25, -0.2) is 0 Å². The fourth-order valence-corrected chi connectivity index (χ4v) is 12.5. The average Bonchev–Trinajstić information content (AvgIpc) is 3.18. The van der Waals surface area contributed by atoms with E-state index >= 15 is 0 Å². The van der Waals surface area contributed by atoms with Crippen molar-refractivity contribution in [3.63, 3.8) is 0 Å². The molecule has 4 aromatic carbocycles. The molecule has 4 aromatic rings. The summed E-state index contributed by atoms with van der Waals surface area (Å²) in [6.07, 6.45) is 15.1. The minimum absolute atomic E-state index is 0. The van der Waals surface area contributed by atoms with Crippen LogP contribution in [0.25, 0.3) is 22.3 Å². The second kappa shape index (κ2) is 24.1. The molecule has 0 saturated heterocycles. The SMILES string of the molecule is CC(C)Oc1cccc(-c2c(C(C)C)cc(C(C)C)cc2C(C)C)c1P(C1CCCCC1)C1CCCCC1.CNc1ccccc1-c1[c]cccc1.CS(=O)(=O)O.[Pd]. The Labute approximate surface area is 368 Å². The first-order valence-electron chi connectivity index (χ1n) is 21.5. The Morgan fingerprint density at radius 2 is 1.21 bits per heavy atom. The Bertz CT molecular complexity index is 1880. The van der Waals surface area contributed by atoms with E-state index in [1.807, 2.05) is 37.4 Å². The molecule has 0 aliphatic heterocycles. The summed E-state index contributed by atoms with van der Waals surface area (Å²) in [7, 11) is -2.03. The molecule has 2 saturated carbocycles. The number of benzene rings is 4. The Balaban J connectivity index is 0.000000370. The second-order valence-electron chi connectivity index (χ2n) is 17.2. The number of hydrogen-bond donors (Lipinski definition) is 2. The van der Waals surface area contributed by atoms with E-state index in [4.69, 9.17) is 9.29 Å². The van der Waals surface area contributed by atoms with Gasteiger partial charge in [-0.3, -0.25) is 4.55 Å². The van der Waals surface area contributed by atoms with Crippen LogP contribution in [0, 0.1) is 6.07 Å². The third kappa shape index (κ3) is 14.6. The molecule has 5 nitrogen and oxygen atoms in total. The number of para-hydroxylation sites is 1. The molecule has 2 N–H and O–H groups in total. The summed E-state index contributed by atoms with van der Waals surface area (Å²) < 4.78 is 32.6. The first kappa shape index (κ1) is 49.8. The van der Waals surface area contributed by atoms with Crippen LogP contribution in [0.4, 0.5) is 5.69 Å². The standard InChI is InChI=1S/C36H55OP.C13H12N.CH4O3S.Pd/c1-24(2)28-22-32(25(3)4)35(33(23-28)26(5)6)31-20-15-21-34(37-27(7)8)36(31)38(29-16-11-9-12-17-29)30-18-13-10-14-19-30;1-14-13-10-6-5-9-12(13)11-7-3-2-4-8-11;1-5(2,3)4;/h15,20-27,29-30H,9-14,16-19H2,1-8H3;2-7,9-10,14H,1H3;1H3,(H,2,3,4);. The maximum absolute atomic E-state index is 9.19. The molecule has 321 valence electrons. The molecule has 0 unspecified atom stereocenters. The minimum atomic E-state index is -3.67. The topological polar surface area (TPSA) is 75.6 Å². The van der Waals surface area contributed by atoms with Crippen LogP contribution >= 0.6 is 7.92 Å². The predicted octanol–water partition coefficient (Wildman–Crippen LogP) is 14.0. The average molecular weight is 920 g/mol. The Hall–Kier alpha value is -2.52. The van der Waals surface area contributed by atoms with Gasteiger partial charge in [0.05, 0.1) is 12.4 Å². The van der Waals surface area contributed by atoms with Gasteiger partial charge in [-0.15, -0.1) is 0 Å². The third-order valence-electron chi connectivity index (χ3n) is 11.2. The van der Waals surface area contributed by atoms with E-state index in [1.165, 1.54) is 103 Å². The first-order valence-corrected chi connectivity index (χ1v) is 24.9. The van der Waals surface area contributed by atoms with Crippen molar-refractivity contribution in [2.75, 3.05) is 18.6 Å². The maximum atomic E-state index is 9.19. The quantitative estimate of drug-likeness (QED) is 0.0890. The van der Waals surface area contributed by atoms with Gasteiger partial charge in [-0.1, -0.05) is 155 Å². The van der Waals surface area contributed by atoms with Crippen molar-refractivity contribution in [3.8, 4) is 28.0 Å². The van der Waals surface area contributed by atoms with Crippen molar-refractivity contribution >= 4 is 29.0 Å². The van der Waals surface area contributed by atoms with Gasteiger partial charge in [-0.05, 0) is 120 Å². The molecule has 2 aliphatic rings. The molecule has 6 rings (SSSR count). The van der Waals surface area contributed by atoms with Crippen molar-refractivity contribution in [1.29, 1.82) is 0 Å². The van der Waals surface area contributed by atoms with Gasteiger partial charge in [0.15, 0.2) is 0 Å². The zero-order valence-electron chi connectivity index (χ0n) is 36.9. The van der Waals surface area contributed by atoms with Gasteiger partial charge in [0.25, 0.3) is 10.1 Å². The molecule has 2 aliphatic carbocycles. The molecule has 1 radical (unpaired) electrons. The van der Waals surface area contributed by atoms with Crippen LogP contribution in [0.2, 0.25) is 0 Å². The van der Waals surface area contributed by atoms with Crippen LogP contribution in [0.5, 0.6) is 5.75 Å². The summed E-state index contributed by atoms with van der Waals surface area (Å²) in [5.74, 6) is 2.70. The van der Waals surface area contributed by atoms with E-state index < -0.39 is 10.1 Å². The summed E-state index contributed by atoms with van der Waals surface area (Å²) in [4.78, 5) is 0. The maximum Gasteiger partial charge on any atom is 0.261 e. The third-order valence-corrected chi connectivity index (χ3v) is 14.7. The molecule has 0 heterocycles. The smallest absolute Gasteiger partial charge is 0.261 e. The van der Waals surface area contributed by atoms with Crippen LogP contribution in [0.1, 0.15) is 154 Å². The van der Waals surface area contributed by atoms with E-state index in [1.54, 1.807) is 5.30 Å². The largest absolute Gasteiger partial charge is 0.490 e. The summed E-state index contributed by atoms with van der Waals surface area (Å²) >= 11 is 0. The van der Waals surface area contributed by atoms with Gasteiger partial charge in [0.1, 0.15) is 5.75 Å².